The van der Waals surface area contributed by atoms with Gasteiger partial charge in [0, 0.05) is 20.1 Å². The smallest absolute Gasteiger partial charge is 0.255 e. The van der Waals surface area contributed by atoms with E-state index in [1.807, 2.05) is 26.1 Å². The highest BCUT2D eigenvalue weighted by molar-refractivity contribution is 6.00. The van der Waals surface area contributed by atoms with Crippen LogP contribution in [0.3, 0.4) is 0 Å². The molecule has 1 N–H and O–H groups in total. The minimum atomic E-state index is 0.105. The Balaban J connectivity index is 2.37. The molecule has 3 nitrogen and oxygen atoms in total. The second kappa shape index (κ2) is 4.56. The molecule has 1 aromatic rings. The minimum absolute atomic E-state index is 0.105. The van der Waals surface area contributed by atoms with Crippen molar-refractivity contribution in [2.45, 2.75) is 19.8 Å². The summed E-state index contributed by atoms with van der Waals surface area (Å²) < 4.78 is 0. The fourth-order valence-corrected chi connectivity index (χ4v) is 2.04. The first kappa shape index (κ1) is 11.0. The van der Waals surface area contributed by atoms with Crippen molar-refractivity contribution >= 4 is 11.6 Å². The Bertz CT molecular complexity index is 401. The predicted octanol–water partition coefficient (Wildman–Crippen LogP) is 2.14. The lowest BCUT2D eigenvalue weighted by molar-refractivity contribution is 0.0803. The van der Waals surface area contributed by atoms with Gasteiger partial charge in [-0.15, -0.1) is 0 Å². The van der Waals surface area contributed by atoms with E-state index in [-0.39, 0.29) is 5.91 Å². The number of nitrogens with zero attached hydrogens (tertiary/aromatic N) is 1. The largest absolute Gasteiger partial charge is 0.384 e. The number of nitrogens with one attached hydrogen (secondary N) is 1. The molecule has 3 heteroatoms. The molecule has 0 bridgehead atoms. The maximum absolute atomic E-state index is 12.1. The van der Waals surface area contributed by atoms with Crippen LogP contribution in [0.1, 0.15) is 29.3 Å². The molecule has 0 spiro atoms. The van der Waals surface area contributed by atoms with Crippen LogP contribution in [0.4, 0.5) is 5.69 Å². The van der Waals surface area contributed by atoms with Gasteiger partial charge in [-0.1, -0.05) is 12.1 Å². The maximum atomic E-state index is 12.1. The Morgan fingerprint density at radius 3 is 3.06 bits per heavy atom. The number of aryl methyl sites for hydroxylation is 1. The SMILES string of the molecule is CCN(C)C(=O)c1cccc2c1NCCC2. The molecule has 1 aliphatic rings. The van der Waals surface area contributed by atoms with Crippen LogP contribution < -0.4 is 5.32 Å². The second-order valence-corrected chi connectivity index (χ2v) is 4.19. The normalized spacial score (nSPS) is 13.9. The van der Waals surface area contributed by atoms with Gasteiger partial charge in [-0.3, -0.25) is 4.79 Å². The summed E-state index contributed by atoms with van der Waals surface area (Å²) in [5.74, 6) is 0.105. The maximum Gasteiger partial charge on any atom is 0.255 e. The first-order chi connectivity index (χ1) is 7.74. The quantitative estimate of drug-likeness (QED) is 0.824. The molecule has 1 heterocycles. The Morgan fingerprint density at radius 2 is 2.31 bits per heavy atom. The van der Waals surface area contributed by atoms with Crippen LogP contribution in [0.15, 0.2) is 18.2 Å². The number of para-hydroxylation sites is 1. The van der Waals surface area contributed by atoms with Crippen molar-refractivity contribution < 1.29 is 4.79 Å². The molecule has 0 saturated heterocycles. The number of anilines is 1. The molecule has 0 radical (unpaired) electrons. The van der Waals surface area contributed by atoms with E-state index in [1.54, 1.807) is 4.90 Å². The van der Waals surface area contributed by atoms with E-state index in [0.717, 1.165) is 37.2 Å². The van der Waals surface area contributed by atoms with Gasteiger partial charge in [0.25, 0.3) is 5.91 Å². The van der Waals surface area contributed by atoms with E-state index in [2.05, 4.69) is 11.4 Å². The van der Waals surface area contributed by atoms with Gasteiger partial charge >= 0.3 is 0 Å². The van der Waals surface area contributed by atoms with Gasteiger partial charge in [0.1, 0.15) is 0 Å². The molecule has 0 unspecified atom stereocenters. The van der Waals surface area contributed by atoms with Crippen molar-refractivity contribution in [1.82, 2.24) is 4.90 Å². The Labute approximate surface area is 96.5 Å². The van der Waals surface area contributed by atoms with Gasteiger partial charge in [0.2, 0.25) is 0 Å². The highest BCUT2D eigenvalue weighted by Gasteiger charge is 2.18. The zero-order valence-electron chi connectivity index (χ0n) is 9.92. The molecule has 1 aliphatic heterocycles. The molecule has 0 saturated carbocycles. The molecule has 86 valence electrons. The van der Waals surface area contributed by atoms with Crippen LogP contribution in [0.2, 0.25) is 0 Å². The topological polar surface area (TPSA) is 32.3 Å². The molecule has 0 atom stereocenters. The molecule has 2 rings (SSSR count). The van der Waals surface area contributed by atoms with Gasteiger partial charge in [0.05, 0.1) is 11.3 Å². The van der Waals surface area contributed by atoms with Crippen molar-refractivity contribution in [3.8, 4) is 0 Å². The zero-order valence-corrected chi connectivity index (χ0v) is 9.92. The molecule has 0 aliphatic carbocycles. The van der Waals surface area contributed by atoms with Gasteiger partial charge < -0.3 is 10.2 Å². The Morgan fingerprint density at radius 1 is 1.50 bits per heavy atom. The highest BCUT2D eigenvalue weighted by atomic mass is 16.2. The van der Waals surface area contributed by atoms with Crippen molar-refractivity contribution in [1.29, 1.82) is 0 Å². The summed E-state index contributed by atoms with van der Waals surface area (Å²) in [5, 5.41) is 3.34. The van der Waals surface area contributed by atoms with E-state index >= 15 is 0 Å². The lowest BCUT2D eigenvalue weighted by atomic mass is 9.99. The standard InChI is InChI=1S/C13H18N2O/c1-3-15(2)13(16)11-8-4-6-10-7-5-9-14-12(10)11/h4,6,8,14H,3,5,7,9H2,1-2H3. The highest BCUT2D eigenvalue weighted by Crippen LogP contribution is 2.26. The van der Waals surface area contributed by atoms with Crippen molar-refractivity contribution in [3.63, 3.8) is 0 Å². The summed E-state index contributed by atoms with van der Waals surface area (Å²) in [7, 11) is 1.84. The molecule has 0 fully saturated rings. The van der Waals surface area contributed by atoms with Gasteiger partial charge in [-0.2, -0.15) is 0 Å². The van der Waals surface area contributed by atoms with Crippen LogP contribution in [-0.4, -0.2) is 30.9 Å². The Hall–Kier alpha value is -1.51. The lowest BCUT2D eigenvalue weighted by Crippen LogP contribution is -2.28. The third-order valence-electron chi connectivity index (χ3n) is 3.13. The van der Waals surface area contributed by atoms with E-state index < -0.39 is 0 Å². The summed E-state index contributed by atoms with van der Waals surface area (Å²) in [6.45, 7) is 3.69. The summed E-state index contributed by atoms with van der Waals surface area (Å²) in [6.07, 6.45) is 2.22. The number of hydrogen-bond acceptors (Lipinski definition) is 2. The number of carbonyl (C=O) groups is 1. The predicted molar refractivity (Wildman–Crippen MR) is 65.9 cm³/mol. The van der Waals surface area contributed by atoms with E-state index in [0.29, 0.717) is 0 Å². The van der Waals surface area contributed by atoms with Crippen LogP contribution in [0.5, 0.6) is 0 Å². The molecule has 1 amide bonds. The second-order valence-electron chi connectivity index (χ2n) is 4.19. The summed E-state index contributed by atoms with van der Waals surface area (Å²) in [4.78, 5) is 13.9. The zero-order chi connectivity index (χ0) is 11.5. The lowest BCUT2D eigenvalue weighted by Gasteiger charge is -2.23. The molecular weight excluding hydrogens is 200 g/mol. The molecule has 1 aromatic carbocycles. The summed E-state index contributed by atoms with van der Waals surface area (Å²) in [5.41, 5.74) is 3.11. The van der Waals surface area contributed by atoms with Gasteiger partial charge in [-0.25, -0.2) is 0 Å². The van der Waals surface area contributed by atoms with Crippen LogP contribution in [0, 0.1) is 0 Å². The van der Waals surface area contributed by atoms with Crippen LogP contribution in [-0.2, 0) is 6.42 Å². The number of rotatable bonds is 2. The van der Waals surface area contributed by atoms with Crippen LogP contribution in [0.25, 0.3) is 0 Å². The van der Waals surface area contributed by atoms with Gasteiger partial charge in [0.15, 0.2) is 0 Å². The third-order valence-corrected chi connectivity index (χ3v) is 3.13. The number of amides is 1. The van der Waals surface area contributed by atoms with Crippen LogP contribution >= 0.6 is 0 Å². The van der Waals surface area contributed by atoms with E-state index in [9.17, 15) is 4.79 Å². The Kier molecular flexibility index (Phi) is 3.13. The first-order valence-corrected chi connectivity index (χ1v) is 5.85. The monoisotopic (exact) mass is 218 g/mol. The minimum Gasteiger partial charge on any atom is -0.384 e. The van der Waals surface area contributed by atoms with Crippen molar-refractivity contribution in [3.05, 3.63) is 29.3 Å². The summed E-state index contributed by atoms with van der Waals surface area (Å²) >= 11 is 0. The molecule has 16 heavy (non-hydrogen) atoms. The first-order valence-electron chi connectivity index (χ1n) is 5.85. The van der Waals surface area contributed by atoms with Crippen molar-refractivity contribution in [2.75, 3.05) is 25.5 Å². The number of hydrogen-bond donors (Lipinski definition) is 1. The average molecular weight is 218 g/mol. The van der Waals surface area contributed by atoms with Crippen molar-refractivity contribution in [2.24, 2.45) is 0 Å². The number of fused-ring (bicyclic) bond motifs is 1. The fourth-order valence-electron chi connectivity index (χ4n) is 2.04. The number of benzene rings is 1. The number of carbonyl (C=O) groups excluding carboxylic acids is 1. The van der Waals surface area contributed by atoms with Gasteiger partial charge in [-0.05, 0) is 31.4 Å². The average Bonchev–Trinajstić information content (AvgIpc) is 2.36. The van der Waals surface area contributed by atoms with E-state index in [4.69, 9.17) is 0 Å². The molecule has 0 aromatic heterocycles. The summed E-state index contributed by atoms with van der Waals surface area (Å²) in [6, 6.07) is 5.98. The fraction of sp³-hybridized carbons (Fsp3) is 0.462. The molecular formula is C13H18N2O. The third kappa shape index (κ3) is 1.90. The van der Waals surface area contributed by atoms with E-state index in [1.165, 1.54) is 5.56 Å².